The Bertz CT molecular complexity index is 1030. The Morgan fingerprint density at radius 1 is 1.30 bits per heavy atom. The maximum atomic E-state index is 13.8. The highest BCUT2D eigenvalue weighted by atomic mass is 79.9. The molecule has 1 heterocycles. The highest BCUT2D eigenvalue weighted by molar-refractivity contribution is 9.10. The number of carbonyl (C=O) groups is 2. The maximum Gasteiger partial charge on any atom is 0.349 e. The molecule has 0 aliphatic rings. The van der Waals surface area contributed by atoms with Crippen molar-refractivity contribution in [2.24, 2.45) is 0 Å². The predicted molar refractivity (Wildman–Crippen MR) is 111 cm³/mol. The summed E-state index contributed by atoms with van der Waals surface area (Å²) in [4.78, 5) is 24.2. The lowest BCUT2D eigenvalue weighted by atomic mass is 10.1. The van der Waals surface area contributed by atoms with Gasteiger partial charge in [-0.15, -0.1) is 0 Å². The topological polar surface area (TPSA) is 84.1 Å². The van der Waals surface area contributed by atoms with Gasteiger partial charge in [0.1, 0.15) is 17.5 Å². The van der Waals surface area contributed by atoms with Crippen LogP contribution in [0.25, 0.3) is 6.08 Å². The molecule has 1 aromatic carbocycles. The fraction of sp³-hybridized carbons (Fsp3) is 0.286. The van der Waals surface area contributed by atoms with Gasteiger partial charge in [-0.1, -0.05) is 6.92 Å². The molecule has 0 fully saturated rings. The average Bonchev–Trinajstić information content (AvgIpc) is 2.94. The molecule has 1 amide bonds. The number of aromatic nitrogens is 1. The number of halogens is 3. The minimum Gasteiger partial charge on any atom is -0.451 e. The van der Waals surface area contributed by atoms with E-state index >= 15 is 0 Å². The summed E-state index contributed by atoms with van der Waals surface area (Å²) in [6.07, 6.45) is 2.34. The standard InChI is InChI=1S/C21H20BrF2N3O3/c1-4-5-27-12(2)6-14(13(27)3)7-15(10-25)21(29)30-11-19(28)26-20-17(22)8-16(23)9-18(20)24/h6-9H,4-5,11H2,1-3H3,(H,26,28)/b15-7+. The van der Waals surface area contributed by atoms with Gasteiger partial charge in [-0.25, -0.2) is 13.6 Å². The van der Waals surface area contributed by atoms with E-state index in [9.17, 15) is 23.6 Å². The molecule has 1 N–H and O–H groups in total. The lowest BCUT2D eigenvalue weighted by molar-refractivity contribution is -0.142. The highest BCUT2D eigenvalue weighted by Crippen LogP contribution is 2.26. The van der Waals surface area contributed by atoms with E-state index in [2.05, 4.69) is 25.8 Å². The highest BCUT2D eigenvalue weighted by Gasteiger charge is 2.17. The van der Waals surface area contributed by atoms with Crippen LogP contribution in [-0.2, 0) is 20.9 Å². The molecular weight excluding hydrogens is 460 g/mol. The van der Waals surface area contributed by atoms with Gasteiger partial charge in [0.25, 0.3) is 5.91 Å². The summed E-state index contributed by atoms with van der Waals surface area (Å²) in [5.41, 5.74) is 2.06. The number of anilines is 1. The van der Waals surface area contributed by atoms with E-state index < -0.39 is 30.1 Å². The van der Waals surface area contributed by atoms with Crippen LogP contribution in [0.5, 0.6) is 0 Å². The second-order valence-electron chi connectivity index (χ2n) is 6.52. The maximum absolute atomic E-state index is 13.8. The van der Waals surface area contributed by atoms with Gasteiger partial charge in [-0.3, -0.25) is 4.79 Å². The Balaban J connectivity index is 2.08. The number of amides is 1. The number of rotatable bonds is 7. The van der Waals surface area contributed by atoms with Crippen LogP contribution in [0, 0.1) is 36.8 Å². The van der Waals surface area contributed by atoms with Crippen LogP contribution in [0.4, 0.5) is 14.5 Å². The van der Waals surface area contributed by atoms with Gasteiger partial charge in [0.2, 0.25) is 0 Å². The average molecular weight is 480 g/mol. The van der Waals surface area contributed by atoms with Gasteiger partial charge in [-0.05, 0) is 60.0 Å². The third-order valence-corrected chi connectivity index (χ3v) is 4.93. The largest absolute Gasteiger partial charge is 0.451 e. The van der Waals surface area contributed by atoms with Gasteiger partial charge < -0.3 is 14.6 Å². The summed E-state index contributed by atoms with van der Waals surface area (Å²) in [7, 11) is 0. The van der Waals surface area contributed by atoms with Crippen molar-refractivity contribution in [1.29, 1.82) is 5.26 Å². The first-order valence-corrected chi connectivity index (χ1v) is 9.87. The van der Waals surface area contributed by atoms with E-state index in [0.717, 1.165) is 30.4 Å². The smallest absolute Gasteiger partial charge is 0.349 e. The number of nitriles is 1. The van der Waals surface area contributed by atoms with Crippen molar-refractivity contribution in [1.82, 2.24) is 4.57 Å². The summed E-state index contributed by atoms with van der Waals surface area (Å²) < 4.78 is 33.8. The van der Waals surface area contributed by atoms with Crippen molar-refractivity contribution >= 4 is 39.6 Å². The molecule has 0 unspecified atom stereocenters. The molecular formula is C21H20BrF2N3O3. The number of ether oxygens (including phenoxy) is 1. The minimum atomic E-state index is -0.985. The molecule has 9 heteroatoms. The predicted octanol–water partition coefficient (Wildman–Crippen LogP) is 4.64. The molecule has 30 heavy (non-hydrogen) atoms. The Morgan fingerprint density at radius 3 is 2.60 bits per heavy atom. The fourth-order valence-electron chi connectivity index (χ4n) is 2.88. The number of nitrogens with zero attached hydrogens (tertiary/aromatic N) is 2. The minimum absolute atomic E-state index is 0.000257. The molecule has 2 rings (SSSR count). The number of esters is 1. The third-order valence-electron chi connectivity index (χ3n) is 4.31. The first-order chi connectivity index (χ1) is 14.2. The van der Waals surface area contributed by atoms with Gasteiger partial charge in [-0.2, -0.15) is 5.26 Å². The van der Waals surface area contributed by atoms with Crippen molar-refractivity contribution in [2.45, 2.75) is 33.7 Å². The Hall–Kier alpha value is -2.99. The Morgan fingerprint density at radius 2 is 2.00 bits per heavy atom. The first kappa shape index (κ1) is 23.3. The Labute approximate surface area is 181 Å². The van der Waals surface area contributed by atoms with E-state index in [1.54, 1.807) is 6.07 Å². The Kier molecular flexibility index (Phi) is 7.89. The van der Waals surface area contributed by atoms with Crippen LogP contribution >= 0.6 is 15.9 Å². The zero-order chi connectivity index (χ0) is 22.4. The monoisotopic (exact) mass is 479 g/mol. The van der Waals surface area contributed by atoms with E-state index in [1.807, 2.05) is 26.8 Å². The van der Waals surface area contributed by atoms with Crippen molar-refractivity contribution in [2.75, 3.05) is 11.9 Å². The van der Waals surface area contributed by atoms with E-state index in [1.165, 1.54) is 6.08 Å². The SMILES string of the molecule is CCCn1c(C)cc(/C=C(\C#N)C(=O)OCC(=O)Nc2c(F)cc(F)cc2Br)c1C. The summed E-state index contributed by atoms with van der Waals surface area (Å²) in [6.45, 7) is 5.94. The normalized spacial score (nSPS) is 11.2. The van der Waals surface area contributed by atoms with Gasteiger partial charge in [0.15, 0.2) is 12.4 Å². The van der Waals surface area contributed by atoms with E-state index in [4.69, 9.17) is 4.74 Å². The molecule has 1 aromatic heterocycles. The van der Waals surface area contributed by atoms with Crippen molar-refractivity contribution in [3.05, 3.63) is 56.8 Å². The first-order valence-electron chi connectivity index (χ1n) is 9.08. The van der Waals surface area contributed by atoms with Crippen molar-refractivity contribution in [3.8, 4) is 6.07 Å². The lowest BCUT2D eigenvalue weighted by Crippen LogP contribution is -2.22. The van der Waals surface area contributed by atoms with E-state index in [-0.39, 0.29) is 15.7 Å². The molecule has 0 aliphatic heterocycles. The quantitative estimate of drug-likeness (QED) is 0.356. The molecule has 0 saturated carbocycles. The number of benzene rings is 1. The number of carbonyl (C=O) groups excluding carboxylic acids is 2. The molecule has 158 valence electrons. The summed E-state index contributed by atoms with van der Waals surface area (Å²) >= 11 is 2.95. The van der Waals surface area contributed by atoms with Crippen LogP contribution in [0.1, 0.15) is 30.3 Å². The van der Waals surface area contributed by atoms with E-state index in [0.29, 0.717) is 11.6 Å². The summed E-state index contributed by atoms with van der Waals surface area (Å²) in [5, 5.41) is 11.5. The fourth-order valence-corrected chi connectivity index (χ4v) is 3.39. The number of nitrogens with one attached hydrogen (secondary N) is 1. The van der Waals surface area contributed by atoms with Gasteiger partial charge >= 0.3 is 5.97 Å². The zero-order valence-electron chi connectivity index (χ0n) is 16.7. The van der Waals surface area contributed by atoms with Crippen LogP contribution in [0.2, 0.25) is 0 Å². The van der Waals surface area contributed by atoms with Crippen LogP contribution in [0.3, 0.4) is 0 Å². The van der Waals surface area contributed by atoms with Crippen LogP contribution in [-0.4, -0.2) is 23.1 Å². The van der Waals surface area contributed by atoms with Crippen molar-refractivity contribution in [3.63, 3.8) is 0 Å². The number of aryl methyl sites for hydroxylation is 1. The molecule has 0 atom stereocenters. The number of hydrogen-bond donors (Lipinski definition) is 1. The van der Waals surface area contributed by atoms with Crippen LogP contribution in [0.15, 0.2) is 28.2 Å². The summed E-state index contributed by atoms with van der Waals surface area (Å²) in [6, 6.07) is 5.22. The molecule has 0 radical (unpaired) electrons. The van der Waals surface area contributed by atoms with Gasteiger partial charge in [0.05, 0.1) is 5.69 Å². The lowest BCUT2D eigenvalue weighted by Gasteiger charge is -2.09. The second kappa shape index (κ2) is 10.2. The second-order valence-corrected chi connectivity index (χ2v) is 7.37. The third kappa shape index (κ3) is 5.54. The van der Waals surface area contributed by atoms with Crippen molar-refractivity contribution < 1.29 is 23.1 Å². The molecule has 2 aromatic rings. The molecule has 0 saturated heterocycles. The number of hydrogen-bond acceptors (Lipinski definition) is 4. The molecule has 0 aliphatic carbocycles. The molecule has 6 nitrogen and oxygen atoms in total. The van der Waals surface area contributed by atoms with Gasteiger partial charge in [0, 0.05) is 28.5 Å². The zero-order valence-corrected chi connectivity index (χ0v) is 18.3. The molecule has 0 bridgehead atoms. The van der Waals surface area contributed by atoms with Crippen LogP contribution < -0.4 is 5.32 Å². The molecule has 0 spiro atoms. The summed E-state index contributed by atoms with van der Waals surface area (Å²) in [5.74, 6) is -3.62.